The van der Waals surface area contributed by atoms with E-state index in [-0.39, 0.29) is 0 Å². The predicted molar refractivity (Wildman–Crippen MR) is 117 cm³/mol. The molecule has 3 aromatic carbocycles. The zero-order chi connectivity index (χ0) is 21.6. The maximum absolute atomic E-state index is 11.6. The number of nitrogens with zero attached hydrogens (tertiary/aromatic N) is 1. The Kier molecular flexibility index (Phi) is 6.76. The molecule has 4 nitrogen and oxygen atoms in total. The Morgan fingerprint density at radius 3 is 2.30 bits per heavy atom. The Morgan fingerprint density at radius 1 is 1.07 bits per heavy atom. The number of ether oxygens (including phenoxy) is 2. The van der Waals surface area contributed by atoms with Crippen molar-refractivity contribution in [2.75, 3.05) is 0 Å². The van der Waals surface area contributed by atoms with E-state index in [0.29, 0.717) is 28.5 Å². The summed E-state index contributed by atoms with van der Waals surface area (Å²) in [4.78, 5) is 11.6. The second-order valence-corrected chi connectivity index (χ2v) is 7.59. The minimum absolute atomic E-state index is 0.297. The van der Waals surface area contributed by atoms with Crippen LogP contribution in [0, 0.1) is 11.3 Å². The molecule has 3 rings (SSSR count). The van der Waals surface area contributed by atoms with E-state index in [0.717, 1.165) is 5.56 Å². The van der Waals surface area contributed by atoms with Gasteiger partial charge < -0.3 is 9.47 Å². The lowest BCUT2D eigenvalue weighted by Crippen LogP contribution is -2.42. The van der Waals surface area contributed by atoms with Crippen LogP contribution in [-0.4, -0.2) is 12.1 Å². The fraction of sp³-hybridized carbons (Fsp3) is 0.200. The van der Waals surface area contributed by atoms with E-state index in [2.05, 4.69) is 6.07 Å². The fourth-order valence-electron chi connectivity index (χ4n) is 3.31. The molecule has 0 spiro atoms. The monoisotopic (exact) mass is 419 g/mol. The van der Waals surface area contributed by atoms with Gasteiger partial charge in [-0.3, -0.25) is 4.79 Å². The molecule has 0 fully saturated rings. The van der Waals surface area contributed by atoms with Crippen LogP contribution >= 0.6 is 11.6 Å². The predicted octanol–water partition coefficient (Wildman–Crippen LogP) is 5.74. The van der Waals surface area contributed by atoms with Crippen molar-refractivity contribution in [3.63, 3.8) is 0 Å². The molecule has 152 valence electrons. The van der Waals surface area contributed by atoms with Gasteiger partial charge in [0.05, 0.1) is 6.07 Å². The average Bonchev–Trinajstić information content (AvgIpc) is 2.75. The Labute approximate surface area is 181 Å². The number of carbonyl (C=O) groups excluding carboxylic acids is 1. The first-order chi connectivity index (χ1) is 14.4. The third kappa shape index (κ3) is 5.00. The van der Waals surface area contributed by atoms with E-state index >= 15 is 0 Å². The van der Waals surface area contributed by atoms with Crippen LogP contribution in [0.4, 0.5) is 0 Å². The van der Waals surface area contributed by atoms with E-state index in [1.165, 1.54) is 6.92 Å². The second kappa shape index (κ2) is 9.47. The average molecular weight is 420 g/mol. The maximum Gasteiger partial charge on any atom is 0.308 e. The van der Waals surface area contributed by atoms with E-state index in [1.807, 2.05) is 60.7 Å². The van der Waals surface area contributed by atoms with Crippen LogP contribution < -0.4 is 9.47 Å². The van der Waals surface area contributed by atoms with Gasteiger partial charge in [-0.25, -0.2) is 0 Å². The van der Waals surface area contributed by atoms with Gasteiger partial charge in [0.2, 0.25) is 0 Å². The third-order valence-corrected chi connectivity index (χ3v) is 5.15. The molecular formula is C25H22ClNO3. The molecule has 0 saturated carbocycles. The summed E-state index contributed by atoms with van der Waals surface area (Å²) in [7, 11) is 0. The molecule has 0 heterocycles. The number of rotatable bonds is 7. The number of benzene rings is 3. The molecule has 0 aromatic heterocycles. The minimum Gasteiger partial charge on any atom is -0.488 e. The van der Waals surface area contributed by atoms with Gasteiger partial charge in [-0.2, -0.15) is 5.26 Å². The van der Waals surface area contributed by atoms with Crippen molar-refractivity contribution in [3.8, 4) is 17.6 Å². The largest absolute Gasteiger partial charge is 0.488 e. The molecule has 0 radical (unpaired) electrons. The summed E-state index contributed by atoms with van der Waals surface area (Å²) in [5.74, 6) is 0.476. The van der Waals surface area contributed by atoms with Gasteiger partial charge in [0.15, 0.2) is 0 Å². The highest BCUT2D eigenvalue weighted by Crippen LogP contribution is 2.39. The minimum atomic E-state index is -1.15. The van der Waals surface area contributed by atoms with Crippen molar-refractivity contribution in [2.24, 2.45) is 0 Å². The van der Waals surface area contributed by atoms with Crippen molar-refractivity contribution in [1.29, 1.82) is 5.26 Å². The van der Waals surface area contributed by atoms with Crippen LogP contribution in [0.1, 0.15) is 25.0 Å². The van der Waals surface area contributed by atoms with Gasteiger partial charge >= 0.3 is 5.97 Å². The Hall–Kier alpha value is -3.29. The fourth-order valence-corrected chi connectivity index (χ4v) is 3.48. The lowest BCUT2D eigenvalue weighted by atomic mass is 9.76. The Morgan fingerprint density at radius 2 is 1.70 bits per heavy atom. The molecule has 0 bridgehead atoms. The topological polar surface area (TPSA) is 59.3 Å². The number of para-hydroxylation sites is 1. The highest BCUT2D eigenvalue weighted by Gasteiger charge is 2.41. The summed E-state index contributed by atoms with van der Waals surface area (Å²) in [5.41, 5.74) is 0.377. The van der Waals surface area contributed by atoms with Crippen molar-refractivity contribution in [3.05, 3.63) is 95.0 Å². The van der Waals surface area contributed by atoms with Crippen molar-refractivity contribution < 1.29 is 14.3 Å². The molecule has 0 N–H and O–H groups in total. The zero-order valence-electron chi connectivity index (χ0n) is 16.8. The van der Waals surface area contributed by atoms with Crippen LogP contribution in [-0.2, 0) is 16.6 Å². The maximum atomic E-state index is 11.6. The third-order valence-electron chi connectivity index (χ3n) is 4.92. The lowest BCUT2D eigenvalue weighted by Gasteiger charge is -2.33. The summed E-state index contributed by atoms with van der Waals surface area (Å²) >= 11 is 6.25. The van der Waals surface area contributed by atoms with Crippen molar-refractivity contribution in [2.45, 2.75) is 31.8 Å². The number of hydrogen-bond acceptors (Lipinski definition) is 4. The number of esters is 1. The lowest BCUT2D eigenvalue weighted by molar-refractivity contribution is -0.132. The highest BCUT2D eigenvalue weighted by molar-refractivity contribution is 6.30. The standard InChI is InChI=1S/C25H22ClNO3/c1-18(28)29-23-14-13-20(26)16-22(23)25(2,17-27)24(15-19-9-5-3-6-10-19)30-21-11-7-4-8-12-21/h3-14,16,24H,15H2,1-2H3. The zero-order valence-corrected chi connectivity index (χ0v) is 17.6. The summed E-state index contributed by atoms with van der Waals surface area (Å²) in [6, 6.07) is 26.5. The molecule has 0 saturated heterocycles. The normalized spacial score (nSPS) is 13.5. The van der Waals surface area contributed by atoms with E-state index in [1.54, 1.807) is 25.1 Å². The first-order valence-electron chi connectivity index (χ1n) is 9.57. The van der Waals surface area contributed by atoms with E-state index in [4.69, 9.17) is 21.1 Å². The second-order valence-electron chi connectivity index (χ2n) is 7.16. The summed E-state index contributed by atoms with van der Waals surface area (Å²) in [5, 5.41) is 10.7. The highest BCUT2D eigenvalue weighted by atomic mass is 35.5. The van der Waals surface area contributed by atoms with Gasteiger partial charge in [0.1, 0.15) is 23.0 Å². The van der Waals surface area contributed by atoms with Crippen LogP contribution in [0.15, 0.2) is 78.9 Å². The van der Waals surface area contributed by atoms with Crippen LogP contribution in [0.5, 0.6) is 11.5 Å². The quantitative estimate of drug-likeness (QED) is 0.362. The van der Waals surface area contributed by atoms with Crippen molar-refractivity contribution >= 4 is 17.6 Å². The van der Waals surface area contributed by atoms with Crippen LogP contribution in [0.2, 0.25) is 5.02 Å². The van der Waals surface area contributed by atoms with Crippen LogP contribution in [0.3, 0.4) is 0 Å². The van der Waals surface area contributed by atoms with Crippen LogP contribution in [0.25, 0.3) is 0 Å². The van der Waals surface area contributed by atoms with Gasteiger partial charge in [0.25, 0.3) is 0 Å². The summed E-state index contributed by atoms with van der Waals surface area (Å²) in [6.07, 6.45) is -0.0914. The molecule has 0 aliphatic rings. The molecule has 5 heteroatoms. The number of hydrogen-bond donors (Lipinski definition) is 0. The van der Waals surface area contributed by atoms with Gasteiger partial charge in [-0.15, -0.1) is 0 Å². The van der Waals surface area contributed by atoms with E-state index < -0.39 is 17.5 Å². The molecule has 2 unspecified atom stereocenters. The van der Waals surface area contributed by atoms with Gasteiger partial charge in [-0.1, -0.05) is 60.1 Å². The molecular weight excluding hydrogens is 398 g/mol. The summed E-state index contributed by atoms with van der Waals surface area (Å²) in [6.45, 7) is 3.10. The molecule has 0 aliphatic heterocycles. The van der Waals surface area contributed by atoms with E-state index in [9.17, 15) is 10.1 Å². The first-order valence-corrected chi connectivity index (χ1v) is 9.95. The van der Waals surface area contributed by atoms with Gasteiger partial charge in [-0.05, 0) is 42.8 Å². The molecule has 0 aliphatic carbocycles. The molecule has 3 aromatic rings. The summed E-state index contributed by atoms with van der Waals surface area (Å²) < 4.78 is 11.7. The Balaban J connectivity index is 2.10. The first kappa shape index (κ1) is 21.4. The molecule has 0 amide bonds. The number of halogens is 1. The Bertz CT molecular complexity index is 1010. The number of carbonyl (C=O) groups is 1. The molecule has 2 atom stereocenters. The van der Waals surface area contributed by atoms with Gasteiger partial charge in [0, 0.05) is 23.9 Å². The smallest absolute Gasteiger partial charge is 0.308 e. The SMILES string of the molecule is CC(=O)Oc1ccc(Cl)cc1C(C)(C#N)C(Cc1ccccc1)Oc1ccccc1. The van der Waals surface area contributed by atoms with Crippen molar-refractivity contribution in [1.82, 2.24) is 0 Å². The molecule has 30 heavy (non-hydrogen) atoms. The number of nitriles is 1.